The highest BCUT2D eigenvalue weighted by atomic mass is 79.9. The zero-order chi connectivity index (χ0) is 13.7. The molecule has 4 heteroatoms. The van der Waals surface area contributed by atoms with E-state index in [1.165, 1.54) is 0 Å². The molecule has 0 spiro atoms. The van der Waals surface area contributed by atoms with Gasteiger partial charge in [-0.25, -0.2) is 0 Å². The van der Waals surface area contributed by atoms with Crippen molar-refractivity contribution in [3.05, 3.63) is 52.4 Å². The fourth-order valence-corrected chi connectivity index (χ4v) is 2.36. The molecular formula is C15H15BrN2O. The van der Waals surface area contributed by atoms with Crippen LogP contribution in [0, 0.1) is 11.3 Å². The minimum Gasteiger partial charge on any atom is -0.469 e. The number of halogens is 1. The third-order valence-corrected chi connectivity index (χ3v) is 3.59. The maximum atomic E-state index is 9.16. The first-order valence-electron chi connectivity index (χ1n) is 6.18. The van der Waals surface area contributed by atoms with E-state index in [0.29, 0.717) is 5.56 Å². The molecule has 98 valence electrons. The van der Waals surface area contributed by atoms with E-state index in [9.17, 15) is 0 Å². The van der Waals surface area contributed by atoms with E-state index in [-0.39, 0.29) is 6.04 Å². The summed E-state index contributed by atoms with van der Waals surface area (Å²) < 4.78 is 6.13. The zero-order valence-electron chi connectivity index (χ0n) is 10.7. The molecule has 2 rings (SSSR count). The Morgan fingerprint density at radius 3 is 2.89 bits per heavy atom. The van der Waals surface area contributed by atoms with E-state index in [0.717, 1.165) is 28.8 Å². The molecule has 0 radical (unpaired) electrons. The number of hydrogen-bond donors (Lipinski definition) is 1. The molecule has 1 aromatic heterocycles. The van der Waals surface area contributed by atoms with Gasteiger partial charge in [0.25, 0.3) is 0 Å². The van der Waals surface area contributed by atoms with Crippen molar-refractivity contribution in [2.45, 2.75) is 25.8 Å². The Bertz CT molecular complexity index is 572. The van der Waals surface area contributed by atoms with Crippen LogP contribution in [-0.4, -0.2) is 6.04 Å². The van der Waals surface area contributed by atoms with E-state index in [1.807, 2.05) is 30.3 Å². The number of benzene rings is 1. The number of aryl methyl sites for hydroxylation is 1. The number of anilines is 1. The average molecular weight is 319 g/mol. The van der Waals surface area contributed by atoms with E-state index in [1.54, 1.807) is 6.26 Å². The Morgan fingerprint density at radius 1 is 1.37 bits per heavy atom. The smallest absolute Gasteiger partial charge is 0.103 e. The summed E-state index contributed by atoms with van der Waals surface area (Å²) in [6.45, 7) is 2.10. The number of furan rings is 1. The minimum absolute atomic E-state index is 0.270. The van der Waals surface area contributed by atoms with Crippen LogP contribution in [0.4, 0.5) is 5.69 Å². The SMILES string of the molecule is CC(CCc1ccco1)Nc1cccc(Br)c1C#N. The molecule has 0 aliphatic heterocycles. The van der Waals surface area contributed by atoms with Crippen molar-refractivity contribution in [2.75, 3.05) is 5.32 Å². The molecule has 2 aromatic rings. The average Bonchev–Trinajstić information content (AvgIpc) is 2.90. The van der Waals surface area contributed by atoms with Crippen LogP contribution in [0.1, 0.15) is 24.7 Å². The summed E-state index contributed by atoms with van der Waals surface area (Å²) in [5.74, 6) is 0.989. The van der Waals surface area contributed by atoms with Gasteiger partial charge in [-0.3, -0.25) is 0 Å². The van der Waals surface area contributed by atoms with Crippen molar-refractivity contribution in [3.63, 3.8) is 0 Å². The second kappa shape index (κ2) is 6.44. The summed E-state index contributed by atoms with van der Waals surface area (Å²) in [6, 6.07) is 12.1. The third kappa shape index (κ3) is 3.62. The van der Waals surface area contributed by atoms with Gasteiger partial charge in [0.1, 0.15) is 11.8 Å². The van der Waals surface area contributed by atoms with Gasteiger partial charge in [-0.2, -0.15) is 5.26 Å². The van der Waals surface area contributed by atoms with Gasteiger partial charge >= 0.3 is 0 Å². The fourth-order valence-electron chi connectivity index (χ4n) is 1.91. The molecule has 0 saturated heterocycles. The van der Waals surface area contributed by atoms with Gasteiger partial charge in [-0.05, 0) is 53.5 Å². The lowest BCUT2D eigenvalue weighted by atomic mass is 10.1. The largest absolute Gasteiger partial charge is 0.469 e. The molecule has 1 heterocycles. The summed E-state index contributed by atoms with van der Waals surface area (Å²) in [7, 11) is 0. The van der Waals surface area contributed by atoms with Gasteiger partial charge in [0.2, 0.25) is 0 Å². The van der Waals surface area contributed by atoms with Crippen molar-refractivity contribution in [1.82, 2.24) is 0 Å². The number of rotatable bonds is 5. The van der Waals surface area contributed by atoms with E-state index >= 15 is 0 Å². The first-order valence-corrected chi connectivity index (χ1v) is 6.97. The van der Waals surface area contributed by atoms with Crippen LogP contribution < -0.4 is 5.32 Å². The Labute approximate surface area is 121 Å². The molecule has 1 atom stereocenters. The summed E-state index contributed by atoms with van der Waals surface area (Å²) in [4.78, 5) is 0. The molecule has 0 aliphatic carbocycles. The summed E-state index contributed by atoms with van der Waals surface area (Å²) in [5, 5.41) is 12.5. The first-order chi connectivity index (χ1) is 9.20. The lowest BCUT2D eigenvalue weighted by Crippen LogP contribution is -2.16. The Morgan fingerprint density at radius 2 is 2.21 bits per heavy atom. The number of nitrogens with zero attached hydrogens (tertiary/aromatic N) is 1. The maximum absolute atomic E-state index is 9.16. The topological polar surface area (TPSA) is 49.0 Å². The molecule has 1 unspecified atom stereocenters. The second-order valence-corrected chi connectivity index (χ2v) is 5.29. The minimum atomic E-state index is 0.270. The van der Waals surface area contributed by atoms with E-state index < -0.39 is 0 Å². The fraction of sp³-hybridized carbons (Fsp3) is 0.267. The van der Waals surface area contributed by atoms with Crippen LogP contribution in [0.25, 0.3) is 0 Å². The molecule has 1 aromatic carbocycles. The van der Waals surface area contributed by atoms with Crippen LogP contribution in [0.3, 0.4) is 0 Å². The van der Waals surface area contributed by atoms with Crippen molar-refractivity contribution < 1.29 is 4.42 Å². The highest BCUT2D eigenvalue weighted by Gasteiger charge is 2.09. The van der Waals surface area contributed by atoms with Crippen LogP contribution >= 0.6 is 15.9 Å². The molecule has 19 heavy (non-hydrogen) atoms. The van der Waals surface area contributed by atoms with Crippen molar-refractivity contribution >= 4 is 21.6 Å². The summed E-state index contributed by atoms with van der Waals surface area (Å²) >= 11 is 3.39. The molecule has 0 aliphatic rings. The molecule has 1 N–H and O–H groups in total. The van der Waals surface area contributed by atoms with Crippen LogP contribution in [0.2, 0.25) is 0 Å². The van der Waals surface area contributed by atoms with Crippen molar-refractivity contribution in [1.29, 1.82) is 5.26 Å². The summed E-state index contributed by atoms with van der Waals surface area (Å²) in [6.07, 6.45) is 3.53. The monoisotopic (exact) mass is 318 g/mol. The number of hydrogen-bond acceptors (Lipinski definition) is 3. The molecule has 0 saturated carbocycles. The Hall–Kier alpha value is -1.73. The number of nitrogens with one attached hydrogen (secondary N) is 1. The predicted octanol–water partition coefficient (Wildman–Crippen LogP) is 4.35. The highest BCUT2D eigenvalue weighted by molar-refractivity contribution is 9.10. The second-order valence-electron chi connectivity index (χ2n) is 4.44. The molecule has 3 nitrogen and oxygen atoms in total. The quantitative estimate of drug-likeness (QED) is 0.891. The van der Waals surface area contributed by atoms with E-state index in [4.69, 9.17) is 9.68 Å². The standard InChI is InChI=1S/C15H15BrN2O/c1-11(7-8-12-4-3-9-19-12)18-15-6-2-5-14(16)13(15)10-17/h2-6,9,11,18H,7-8H2,1H3. The van der Waals surface area contributed by atoms with Crippen LogP contribution in [0.15, 0.2) is 45.5 Å². The lowest BCUT2D eigenvalue weighted by Gasteiger charge is -2.16. The first kappa shape index (κ1) is 13.7. The molecular weight excluding hydrogens is 304 g/mol. The van der Waals surface area contributed by atoms with Gasteiger partial charge in [-0.15, -0.1) is 0 Å². The molecule has 0 bridgehead atoms. The normalized spacial score (nSPS) is 11.8. The van der Waals surface area contributed by atoms with Gasteiger partial charge in [0.15, 0.2) is 0 Å². The molecule has 0 amide bonds. The maximum Gasteiger partial charge on any atom is 0.103 e. The van der Waals surface area contributed by atoms with Crippen LogP contribution in [-0.2, 0) is 6.42 Å². The van der Waals surface area contributed by atoms with Gasteiger partial charge < -0.3 is 9.73 Å². The predicted molar refractivity (Wildman–Crippen MR) is 79.0 cm³/mol. The van der Waals surface area contributed by atoms with Crippen molar-refractivity contribution in [2.24, 2.45) is 0 Å². The highest BCUT2D eigenvalue weighted by Crippen LogP contribution is 2.24. The van der Waals surface area contributed by atoms with Crippen molar-refractivity contribution in [3.8, 4) is 6.07 Å². The Kier molecular flexibility index (Phi) is 4.64. The molecule has 0 fully saturated rings. The van der Waals surface area contributed by atoms with Gasteiger partial charge in [0.05, 0.1) is 17.5 Å². The zero-order valence-corrected chi connectivity index (χ0v) is 12.3. The van der Waals surface area contributed by atoms with Gasteiger partial charge in [0, 0.05) is 16.9 Å². The van der Waals surface area contributed by atoms with Crippen LogP contribution in [0.5, 0.6) is 0 Å². The number of nitriles is 1. The van der Waals surface area contributed by atoms with E-state index in [2.05, 4.69) is 34.2 Å². The van der Waals surface area contributed by atoms with Gasteiger partial charge in [-0.1, -0.05) is 6.07 Å². The Balaban J connectivity index is 1.97. The summed E-state index contributed by atoms with van der Waals surface area (Å²) in [5.41, 5.74) is 1.51. The third-order valence-electron chi connectivity index (χ3n) is 2.93. The lowest BCUT2D eigenvalue weighted by molar-refractivity contribution is 0.495.